The normalized spacial score (nSPS) is 10.8. The minimum absolute atomic E-state index is 0.449. The van der Waals surface area contributed by atoms with Gasteiger partial charge in [0.1, 0.15) is 0 Å². The molecule has 3 aromatic rings. The van der Waals surface area contributed by atoms with Crippen molar-refractivity contribution in [3.05, 3.63) is 35.2 Å². The number of hydrogen-bond donors (Lipinski definition) is 1. The zero-order valence-electron chi connectivity index (χ0n) is 10.5. The van der Waals surface area contributed by atoms with Gasteiger partial charge in [-0.15, -0.1) is 5.10 Å². The lowest BCUT2D eigenvalue weighted by atomic mass is 10.2. The van der Waals surface area contributed by atoms with Crippen LogP contribution in [0, 0.1) is 4.64 Å². The molecule has 0 spiro atoms. The number of hydrogen-bond acceptors (Lipinski definition) is 5. The number of benzene rings is 1. The van der Waals surface area contributed by atoms with Crippen LogP contribution in [0.5, 0.6) is 0 Å². The Bertz CT molecular complexity index is 771. The van der Waals surface area contributed by atoms with Gasteiger partial charge >= 0.3 is 0 Å². The molecular formula is C12H12N6S. The number of fused-ring (bicyclic) bond motifs is 1. The van der Waals surface area contributed by atoms with E-state index in [2.05, 4.69) is 20.3 Å². The Morgan fingerprint density at radius 3 is 2.63 bits per heavy atom. The van der Waals surface area contributed by atoms with Crippen LogP contribution in [0.25, 0.3) is 16.9 Å². The number of rotatable bonds is 2. The fraction of sp³-hybridized carbons (Fsp3) is 0.167. The zero-order chi connectivity index (χ0) is 13.4. The number of anilines is 1. The Morgan fingerprint density at radius 2 is 1.95 bits per heavy atom. The molecule has 0 atom stereocenters. The molecule has 6 nitrogen and oxygen atoms in total. The van der Waals surface area contributed by atoms with Crippen molar-refractivity contribution in [2.45, 2.75) is 0 Å². The van der Waals surface area contributed by atoms with Crippen LogP contribution in [0.15, 0.2) is 30.6 Å². The maximum atomic E-state index is 5.12. The monoisotopic (exact) mass is 272 g/mol. The highest BCUT2D eigenvalue weighted by molar-refractivity contribution is 7.71. The molecule has 7 heteroatoms. The van der Waals surface area contributed by atoms with Gasteiger partial charge in [-0.05, 0) is 24.3 Å². The molecule has 2 aromatic heterocycles. The average molecular weight is 272 g/mol. The number of nitrogens with one attached hydrogen (secondary N) is 1. The van der Waals surface area contributed by atoms with E-state index in [1.807, 2.05) is 43.3 Å². The van der Waals surface area contributed by atoms with Gasteiger partial charge in [0.2, 0.25) is 0 Å². The van der Waals surface area contributed by atoms with Crippen LogP contribution in [0.1, 0.15) is 0 Å². The minimum Gasteiger partial charge on any atom is -0.378 e. The highest BCUT2D eigenvalue weighted by Gasteiger charge is 2.08. The minimum atomic E-state index is 0.449. The Balaban J connectivity index is 2.14. The number of nitrogens with zero attached hydrogens (tertiary/aromatic N) is 5. The van der Waals surface area contributed by atoms with E-state index in [1.54, 1.807) is 11.0 Å². The van der Waals surface area contributed by atoms with Gasteiger partial charge in [0.25, 0.3) is 0 Å². The number of H-pyrrole nitrogens is 1. The molecule has 0 aliphatic heterocycles. The topological polar surface area (TPSA) is 62.6 Å². The molecule has 0 bridgehead atoms. The van der Waals surface area contributed by atoms with E-state index in [0.29, 0.717) is 10.2 Å². The summed E-state index contributed by atoms with van der Waals surface area (Å²) < 4.78 is 2.16. The van der Waals surface area contributed by atoms with Crippen molar-refractivity contribution in [1.29, 1.82) is 0 Å². The van der Waals surface area contributed by atoms with Gasteiger partial charge in [-0.25, -0.2) is 4.98 Å². The third kappa shape index (κ3) is 1.97. The first-order chi connectivity index (χ1) is 9.16. The summed E-state index contributed by atoms with van der Waals surface area (Å²) in [6.07, 6.45) is 1.55. The molecule has 3 rings (SSSR count). The largest absolute Gasteiger partial charge is 0.378 e. The third-order valence-corrected chi connectivity index (χ3v) is 3.17. The molecule has 0 amide bonds. The lowest BCUT2D eigenvalue weighted by Crippen LogP contribution is -2.08. The highest BCUT2D eigenvalue weighted by atomic mass is 32.1. The van der Waals surface area contributed by atoms with E-state index in [-0.39, 0.29) is 0 Å². The summed E-state index contributed by atoms with van der Waals surface area (Å²) in [7, 11) is 4.01. The second-order valence-electron chi connectivity index (χ2n) is 4.32. The van der Waals surface area contributed by atoms with Gasteiger partial charge in [-0.3, -0.25) is 0 Å². The smallest absolute Gasteiger partial charge is 0.167 e. The summed E-state index contributed by atoms with van der Waals surface area (Å²) in [5, 5.41) is 8.17. The predicted molar refractivity (Wildman–Crippen MR) is 76.2 cm³/mol. The lowest BCUT2D eigenvalue weighted by molar-refractivity contribution is 0.817. The summed E-state index contributed by atoms with van der Waals surface area (Å²) >= 11 is 5.12. The van der Waals surface area contributed by atoms with Crippen LogP contribution >= 0.6 is 12.2 Å². The molecule has 0 radical (unpaired) electrons. The van der Waals surface area contributed by atoms with E-state index in [4.69, 9.17) is 12.2 Å². The van der Waals surface area contributed by atoms with Crippen LogP contribution in [-0.4, -0.2) is 39.1 Å². The quantitative estimate of drug-likeness (QED) is 0.722. The van der Waals surface area contributed by atoms with Crippen molar-refractivity contribution in [2.75, 3.05) is 19.0 Å². The number of aromatic nitrogens is 5. The summed E-state index contributed by atoms with van der Waals surface area (Å²) in [6.45, 7) is 0. The Labute approximate surface area is 114 Å². The van der Waals surface area contributed by atoms with Crippen molar-refractivity contribution < 1.29 is 0 Å². The van der Waals surface area contributed by atoms with Crippen molar-refractivity contribution in [1.82, 2.24) is 25.0 Å². The first-order valence-corrected chi connectivity index (χ1v) is 6.14. The van der Waals surface area contributed by atoms with E-state index < -0.39 is 0 Å². The van der Waals surface area contributed by atoms with E-state index in [0.717, 1.165) is 17.0 Å². The second-order valence-corrected chi connectivity index (χ2v) is 4.70. The van der Waals surface area contributed by atoms with Crippen LogP contribution in [-0.2, 0) is 0 Å². The maximum Gasteiger partial charge on any atom is 0.167 e. The van der Waals surface area contributed by atoms with Crippen molar-refractivity contribution in [2.24, 2.45) is 0 Å². The van der Waals surface area contributed by atoms with Crippen molar-refractivity contribution in [3.8, 4) is 5.69 Å². The van der Waals surface area contributed by atoms with Crippen LogP contribution in [0.2, 0.25) is 0 Å². The molecule has 0 aliphatic carbocycles. The van der Waals surface area contributed by atoms with Gasteiger partial charge in [-0.2, -0.15) is 4.68 Å². The Morgan fingerprint density at radius 1 is 1.21 bits per heavy atom. The van der Waals surface area contributed by atoms with Gasteiger partial charge in [0.05, 0.1) is 12.0 Å². The van der Waals surface area contributed by atoms with E-state index in [1.165, 1.54) is 0 Å². The first kappa shape index (κ1) is 11.8. The fourth-order valence-electron chi connectivity index (χ4n) is 1.84. The van der Waals surface area contributed by atoms with Crippen molar-refractivity contribution in [3.63, 3.8) is 0 Å². The molecule has 0 aliphatic rings. The molecule has 1 N–H and O–H groups in total. The Kier molecular flexibility index (Phi) is 2.75. The molecule has 2 heterocycles. The van der Waals surface area contributed by atoms with Gasteiger partial charge in [0.15, 0.2) is 15.8 Å². The Hall–Kier alpha value is -2.28. The van der Waals surface area contributed by atoms with Crippen LogP contribution in [0.3, 0.4) is 0 Å². The summed E-state index contributed by atoms with van der Waals surface area (Å²) in [6, 6.07) is 8.03. The fourth-order valence-corrected chi connectivity index (χ4v) is 2.03. The summed E-state index contributed by atoms with van der Waals surface area (Å²) in [5.74, 6) is 0. The second kappa shape index (κ2) is 4.43. The number of aromatic amines is 1. The summed E-state index contributed by atoms with van der Waals surface area (Å²) in [5.41, 5.74) is 3.40. The standard InChI is InChI=1S/C12H12N6S/c1-17(2)8-3-5-9(6-4-8)18-11-10(15-16-18)12(19)14-7-13-11/h3-7H,1-2H3,(H,13,14,19). The molecule has 0 fully saturated rings. The highest BCUT2D eigenvalue weighted by Crippen LogP contribution is 2.17. The maximum absolute atomic E-state index is 5.12. The predicted octanol–water partition coefficient (Wildman–Crippen LogP) is 1.94. The van der Waals surface area contributed by atoms with E-state index >= 15 is 0 Å². The SMILES string of the molecule is CN(C)c1ccc(-n2nnc3c(=S)nc[nH]c32)cc1. The molecule has 0 saturated heterocycles. The molecule has 1 aromatic carbocycles. The zero-order valence-corrected chi connectivity index (χ0v) is 11.3. The molecule has 96 valence electrons. The summed E-state index contributed by atoms with van der Waals surface area (Å²) in [4.78, 5) is 9.06. The van der Waals surface area contributed by atoms with Crippen LogP contribution in [0.4, 0.5) is 5.69 Å². The molecular weight excluding hydrogens is 260 g/mol. The van der Waals surface area contributed by atoms with Gasteiger partial charge in [0, 0.05) is 19.8 Å². The molecule has 0 saturated carbocycles. The van der Waals surface area contributed by atoms with Crippen LogP contribution < -0.4 is 4.90 Å². The van der Waals surface area contributed by atoms with Gasteiger partial charge < -0.3 is 9.88 Å². The molecule has 0 unspecified atom stereocenters. The average Bonchev–Trinajstić information content (AvgIpc) is 2.84. The van der Waals surface area contributed by atoms with Gasteiger partial charge in [-0.1, -0.05) is 17.4 Å². The van der Waals surface area contributed by atoms with Crippen molar-refractivity contribution >= 4 is 29.1 Å². The third-order valence-electron chi connectivity index (χ3n) is 2.87. The first-order valence-electron chi connectivity index (χ1n) is 5.73. The van der Waals surface area contributed by atoms with E-state index in [9.17, 15) is 0 Å². The lowest BCUT2D eigenvalue weighted by Gasteiger charge is -2.12. The molecule has 19 heavy (non-hydrogen) atoms.